The Hall–Kier alpha value is -2.88. The maximum Gasteiger partial charge on any atom is 0.151 e. The number of halogens is 1. The third-order valence-electron chi connectivity index (χ3n) is 4.46. The number of aryl methyl sites for hydroxylation is 2. The number of rotatable bonds is 3. The van der Waals surface area contributed by atoms with Crippen LogP contribution in [0.25, 0.3) is 11.1 Å². The highest BCUT2D eigenvalue weighted by molar-refractivity contribution is 5.78. The Bertz CT molecular complexity index is 916. The second-order valence-corrected chi connectivity index (χ2v) is 6.63. The van der Waals surface area contributed by atoms with Gasteiger partial charge in [0.2, 0.25) is 0 Å². The van der Waals surface area contributed by atoms with E-state index in [0.29, 0.717) is 13.2 Å². The molecule has 1 aliphatic heterocycles. The molecule has 0 aliphatic carbocycles. The molecule has 0 radical (unpaired) electrons. The Morgan fingerprint density at radius 3 is 2.60 bits per heavy atom. The Kier molecular flexibility index (Phi) is 3.88. The molecule has 4 rings (SSSR count). The van der Waals surface area contributed by atoms with Gasteiger partial charge in [-0.05, 0) is 43.2 Å². The Balaban J connectivity index is 1.67. The fourth-order valence-electron chi connectivity index (χ4n) is 3.38. The Morgan fingerprint density at radius 1 is 1.04 bits per heavy atom. The van der Waals surface area contributed by atoms with Crippen molar-refractivity contribution in [1.82, 2.24) is 4.98 Å². The molecule has 0 bridgehead atoms. The van der Waals surface area contributed by atoms with E-state index in [1.807, 2.05) is 12.3 Å². The van der Waals surface area contributed by atoms with Crippen LogP contribution in [0, 0.1) is 19.7 Å². The largest absolute Gasteiger partial charge is 0.351 e. The van der Waals surface area contributed by atoms with Gasteiger partial charge in [0.1, 0.15) is 5.82 Å². The van der Waals surface area contributed by atoms with E-state index < -0.39 is 0 Å². The van der Waals surface area contributed by atoms with Crippen LogP contribution < -0.4 is 10.2 Å². The number of fused-ring (bicyclic) bond motifs is 1. The lowest BCUT2D eigenvalue weighted by Gasteiger charge is -2.18. The lowest BCUT2D eigenvalue weighted by molar-refractivity contribution is 0.625. The van der Waals surface area contributed by atoms with Gasteiger partial charge in [-0.1, -0.05) is 41.5 Å². The van der Waals surface area contributed by atoms with E-state index in [1.54, 1.807) is 12.1 Å². The molecule has 0 unspecified atom stereocenters. The zero-order chi connectivity index (χ0) is 17.4. The quantitative estimate of drug-likeness (QED) is 0.739. The number of aromatic nitrogens is 1. The van der Waals surface area contributed by atoms with Gasteiger partial charge in [-0.3, -0.25) is 0 Å². The minimum absolute atomic E-state index is 0.202. The standard InChI is InChI=1S/C21H20FN3/c1-14-6-15(2)8-17(7-14)18-10-20-21(23-11-18)24-13-25(20)12-16-4-3-5-19(22)9-16/h3-11H,12-13H2,1-2H3,(H,23,24). The minimum Gasteiger partial charge on any atom is -0.351 e. The predicted molar refractivity (Wildman–Crippen MR) is 100 cm³/mol. The summed E-state index contributed by atoms with van der Waals surface area (Å²) in [5, 5.41) is 3.31. The van der Waals surface area contributed by atoms with Crippen molar-refractivity contribution < 1.29 is 4.39 Å². The second-order valence-electron chi connectivity index (χ2n) is 6.63. The van der Waals surface area contributed by atoms with E-state index in [1.165, 1.54) is 22.8 Å². The first-order chi connectivity index (χ1) is 12.1. The third kappa shape index (κ3) is 3.20. The molecule has 0 fully saturated rings. The molecule has 2 aromatic carbocycles. The average Bonchev–Trinajstić information content (AvgIpc) is 2.96. The normalized spacial score (nSPS) is 12.8. The molecule has 1 N–H and O–H groups in total. The smallest absolute Gasteiger partial charge is 0.151 e. The molecule has 4 heteroatoms. The van der Waals surface area contributed by atoms with Gasteiger partial charge in [-0.2, -0.15) is 0 Å². The highest BCUT2D eigenvalue weighted by Gasteiger charge is 2.21. The van der Waals surface area contributed by atoms with Gasteiger partial charge in [0.25, 0.3) is 0 Å². The van der Waals surface area contributed by atoms with Gasteiger partial charge < -0.3 is 10.2 Å². The van der Waals surface area contributed by atoms with Crippen LogP contribution >= 0.6 is 0 Å². The summed E-state index contributed by atoms with van der Waals surface area (Å²) in [5.41, 5.74) is 6.76. The van der Waals surface area contributed by atoms with Gasteiger partial charge in [0.15, 0.2) is 5.82 Å². The second kappa shape index (κ2) is 6.20. The molecule has 126 valence electrons. The number of nitrogens with zero attached hydrogens (tertiary/aromatic N) is 2. The first-order valence-electron chi connectivity index (χ1n) is 8.40. The van der Waals surface area contributed by atoms with Crippen molar-refractivity contribution in [2.45, 2.75) is 20.4 Å². The van der Waals surface area contributed by atoms with Crippen molar-refractivity contribution >= 4 is 11.5 Å². The van der Waals surface area contributed by atoms with E-state index in [2.05, 4.69) is 53.3 Å². The SMILES string of the molecule is Cc1cc(C)cc(-c2cnc3c(c2)N(Cc2cccc(F)c2)CN3)c1. The average molecular weight is 333 g/mol. The van der Waals surface area contributed by atoms with Gasteiger partial charge in [-0.15, -0.1) is 0 Å². The summed E-state index contributed by atoms with van der Waals surface area (Å²) in [5.74, 6) is 0.677. The zero-order valence-electron chi connectivity index (χ0n) is 14.4. The van der Waals surface area contributed by atoms with Gasteiger partial charge in [-0.25, -0.2) is 9.37 Å². The van der Waals surface area contributed by atoms with Crippen LogP contribution in [0.3, 0.4) is 0 Å². The maximum atomic E-state index is 13.5. The molecule has 0 atom stereocenters. The molecule has 1 aliphatic rings. The van der Waals surface area contributed by atoms with Crippen molar-refractivity contribution in [3.05, 3.63) is 77.2 Å². The van der Waals surface area contributed by atoms with Crippen molar-refractivity contribution in [2.75, 3.05) is 16.9 Å². The molecule has 0 spiro atoms. The first-order valence-corrected chi connectivity index (χ1v) is 8.40. The molecule has 0 saturated heterocycles. The summed E-state index contributed by atoms with van der Waals surface area (Å²) in [6, 6.07) is 15.4. The number of anilines is 2. The van der Waals surface area contributed by atoms with Crippen molar-refractivity contribution in [2.24, 2.45) is 0 Å². The topological polar surface area (TPSA) is 28.2 Å². The fraction of sp³-hybridized carbons (Fsp3) is 0.190. The third-order valence-corrected chi connectivity index (χ3v) is 4.46. The predicted octanol–water partition coefficient (Wildman–Crippen LogP) is 4.89. The molecular weight excluding hydrogens is 313 g/mol. The molecule has 25 heavy (non-hydrogen) atoms. The molecule has 3 nitrogen and oxygen atoms in total. The van der Waals surface area contributed by atoms with Gasteiger partial charge in [0, 0.05) is 18.3 Å². The van der Waals surface area contributed by atoms with Crippen LogP contribution in [0.5, 0.6) is 0 Å². The minimum atomic E-state index is -0.202. The highest BCUT2D eigenvalue weighted by Crippen LogP contribution is 2.34. The highest BCUT2D eigenvalue weighted by atomic mass is 19.1. The van der Waals surface area contributed by atoms with Gasteiger partial charge in [0.05, 0.1) is 12.4 Å². The van der Waals surface area contributed by atoms with Gasteiger partial charge >= 0.3 is 0 Å². The van der Waals surface area contributed by atoms with E-state index >= 15 is 0 Å². The molecule has 3 aromatic rings. The van der Waals surface area contributed by atoms with Crippen LogP contribution in [-0.2, 0) is 6.54 Å². The number of benzene rings is 2. The summed E-state index contributed by atoms with van der Waals surface area (Å²) >= 11 is 0. The van der Waals surface area contributed by atoms with Crippen LogP contribution in [0.4, 0.5) is 15.9 Å². The summed E-state index contributed by atoms with van der Waals surface area (Å²) in [4.78, 5) is 6.76. The van der Waals surface area contributed by atoms with E-state index in [-0.39, 0.29) is 5.82 Å². The van der Waals surface area contributed by atoms with Crippen molar-refractivity contribution in [3.8, 4) is 11.1 Å². The number of pyridine rings is 1. The lowest BCUT2D eigenvalue weighted by atomic mass is 10.0. The Labute approximate surface area is 147 Å². The summed E-state index contributed by atoms with van der Waals surface area (Å²) in [6.45, 7) is 5.54. The Morgan fingerprint density at radius 2 is 1.84 bits per heavy atom. The maximum absolute atomic E-state index is 13.5. The first kappa shape index (κ1) is 15.6. The summed E-state index contributed by atoms with van der Waals surface area (Å²) < 4.78 is 13.5. The summed E-state index contributed by atoms with van der Waals surface area (Å²) in [7, 11) is 0. The van der Waals surface area contributed by atoms with E-state index in [9.17, 15) is 4.39 Å². The molecule has 2 heterocycles. The monoisotopic (exact) mass is 333 g/mol. The zero-order valence-corrected chi connectivity index (χ0v) is 14.4. The van der Waals surface area contributed by atoms with Crippen LogP contribution in [0.1, 0.15) is 16.7 Å². The molecule has 0 saturated carbocycles. The fourth-order valence-corrected chi connectivity index (χ4v) is 3.38. The molecule has 0 amide bonds. The van der Waals surface area contributed by atoms with E-state index in [4.69, 9.17) is 0 Å². The van der Waals surface area contributed by atoms with Crippen LogP contribution in [0.15, 0.2) is 54.7 Å². The van der Waals surface area contributed by atoms with E-state index in [0.717, 1.165) is 22.6 Å². The number of nitrogens with one attached hydrogen (secondary N) is 1. The summed E-state index contributed by atoms with van der Waals surface area (Å²) in [6.07, 6.45) is 1.91. The number of hydrogen-bond acceptors (Lipinski definition) is 3. The lowest BCUT2D eigenvalue weighted by Crippen LogP contribution is -2.22. The number of hydrogen-bond donors (Lipinski definition) is 1. The van der Waals surface area contributed by atoms with Crippen LogP contribution in [0.2, 0.25) is 0 Å². The van der Waals surface area contributed by atoms with Crippen molar-refractivity contribution in [3.63, 3.8) is 0 Å². The van der Waals surface area contributed by atoms with Crippen molar-refractivity contribution in [1.29, 1.82) is 0 Å². The van der Waals surface area contributed by atoms with Crippen LogP contribution in [-0.4, -0.2) is 11.7 Å². The molecular formula is C21H20FN3. The molecule has 1 aromatic heterocycles.